The molecule has 0 aromatic heterocycles. The number of rotatable bonds is 4. The lowest BCUT2D eigenvalue weighted by atomic mass is 10.1. The molecule has 1 fully saturated rings. The fraction of sp³-hybridized carbons (Fsp3) is 0.462. The van der Waals surface area contributed by atoms with Crippen LogP contribution in [0, 0.1) is 5.82 Å². The molecule has 0 aliphatic carbocycles. The second-order valence-electron chi connectivity index (χ2n) is 4.01. The van der Waals surface area contributed by atoms with Crippen molar-refractivity contribution in [2.75, 3.05) is 24.4 Å². The van der Waals surface area contributed by atoms with Gasteiger partial charge in [0.15, 0.2) is 17.3 Å². The summed E-state index contributed by atoms with van der Waals surface area (Å²) in [5.74, 6) is 2.84. The van der Waals surface area contributed by atoms with E-state index in [9.17, 15) is 9.18 Å². The van der Waals surface area contributed by atoms with E-state index in [4.69, 9.17) is 4.74 Å². The number of benzene rings is 1. The highest BCUT2D eigenvalue weighted by molar-refractivity contribution is 8.07. The number of halogens is 1. The van der Waals surface area contributed by atoms with Gasteiger partial charge < -0.3 is 4.74 Å². The van der Waals surface area contributed by atoms with E-state index in [1.54, 1.807) is 41.7 Å². The Labute approximate surface area is 115 Å². The number of ether oxygens (including phenoxy) is 1. The van der Waals surface area contributed by atoms with Crippen LogP contribution in [-0.4, -0.2) is 35.4 Å². The Hall–Kier alpha value is -0.680. The average molecular weight is 286 g/mol. The van der Waals surface area contributed by atoms with Crippen molar-refractivity contribution in [1.82, 2.24) is 0 Å². The zero-order chi connectivity index (χ0) is 13.0. The van der Waals surface area contributed by atoms with Gasteiger partial charge in [-0.25, -0.2) is 4.39 Å². The first-order chi connectivity index (χ1) is 8.72. The van der Waals surface area contributed by atoms with Crippen LogP contribution < -0.4 is 4.74 Å². The van der Waals surface area contributed by atoms with Crippen LogP contribution in [0.5, 0.6) is 5.75 Å². The lowest BCUT2D eigenvalue weighted by molar-refractivity contribution is -0.117. The van der Waals surface area contributed by atoms with Gasteiger partial charge in [-0.1, -0.05) is 12.1 Å². The molecule has 0 amide bonds. The molecule has 1 saturated heterocycles. The second-order valence-corrected chi connectivity index (χ2v) is 6.47. The van der Waals surface area contributed by atoms with Gasteiger partial charge >= 0.3 is 0 Å². The summed E-state index contributed by atoms with van der Waals surface area (Å²) in [6.07, 6.45) is 0.154. The number of hydrogen-bond acceptors (Lipinski definition) is 4. The molecule has 0 N–H and O–H groups in total. The fourth-order valence-corrected chi connectivity index (χ4v) is 4.48. The number of carbonyl (C=O) groups excluding carboxylic acids is 1. The molecule has 2 rings (SSSR count). The van der Waals surface area contributed by atoms with Gasteiger partial charge in [0.2, 0.25) is 0 Å². The van der Waals surface area contributed by atoms with Crippen molar-refractivity contribution in [3.63, 3.8) is 0 Å². The number of ketones is 1. The van der Waals surface area contributed by atoms with E-state index in [0.717, 1.165) is 17.3 Å². The van der Waals surface area contributed by atoms with E-state index in [1.165, 1.54) is 7.11 Å². The topological polar surface area (TPSA) is 26.3 Å². The maximum Gasteiger partial charge on any atom is 0.168 e. The number of hydrogen-bond donors (Lipinski definition) is 0. The molecule has 0 radical (unpaired) electrons. The number of carbonyl (C=O) groups is 1. The summed E-state index contributed by atoms with van der Waals surface area (Å²) in [6, 6.07) is 4.93. The monoisotopic (exact) mass is 286 g/mol. The Morgan fingerprint density at radius 2 is 2.33 bits per heavy atom. The third-order valence-electron chi connectivity index (χ3n) is 2.80. The van der Waals surface area contributed by atoms with Crippen molar-refractivity contribution < 1.29 is 13.9 Å². The summed E-state index contributed by atoms with van der Waals surface area (Å²) in [7, 11) is 1.43. The van der Waals surface area contributed by atoms with Crippen LogP contribution in [0.2, 0.25) is 0 Å². The zero-order valence-electron chi connectivity index (χ0n) is 10.1. The van der Waals surface area contributed by atoms with Crippen LogP contribution in [0.1, 0.15) is 5.56 Å². The molecule has 1 aromatic rings. The SMILES string of the molecule is COc1cccc(CC(=O)C2CSCCS2)c1F. The minimum absolute atomic E-state index is 0.00866. The van der Waals surface area contributed by atoms with Gasteiger partial charge in [-0.05, 0) is 11.6 Å². The molecule has 1 aromatic carbocycles. The van der Waals surface area contributed by atoms with Gasteiger partial charge in [-0.2, -0.15) is 11.8 Å². The fourth-order valence-electron chi connectivity index (χ4n) is 1.83. The zero-order valence-corrected chi connectivity index (χ0v) is 11.8. The molecule has 5 heteroatoms. The van der Waals surface area contributed by atoms with Crippen molar-refractivity contribution >= 4 is 29.3 Å². The van der Waals surface area contributed by atoms with Crippen LogP contribution in [0.25, 0.3) is 0 Å². The van der Waals surface area contributed by atoms with Crippen molar-refractivity contribution in [2.24, 2.45) is 0 Å². The Balaban J connectivity index is 2.06. The summed E-state index contributed by atoms with van der Waals surface area (Å²) >= 11 is 3.48. The van der Waals surface area contributed by atoms with Crippen LogP contribution in [0.15, 0.2) is 18.2 Å². The molecule has 0 saturated carbocycles. The smallest absolute Gasteiger partial charge is 0.168 e. The maximum atomic E-state index is 13.9. The van der Waals surface area contributed by atoms with E-state index < -0.39 is 5.82 Å². The Morgan fingerprint density at radius 1 is 1.50 bits per heavy atom. The Bertz CT molecular complexity index is 431. The highest BCUT2D eigenvalue weighted by Crippen LogP contribution is 2.27. The molecule has 18 heavy (non-hydrogen) atoms. The third-order valence-corrected chi connectivity index (χ3v) is 5.61. The van der Waals surface area contributed by atoms with E-state index >= 15 is 0 Å². The Morgan fingerprint density at radius 3 is 3.00 bits per heavy atom. The molecule has 1 atom stereocenters. The summed E-state index contributed by atoms with van der Waals surface area (Å²) in [6.45, 7) is 0. The van der Waals surface area contributed by atoms with Crippen LogP contribution in [0.4, 0.5) is 4.39 Å². The quantitative estimate of drug-likeness (QED) is 0.850. The number of Topliss-reactive ketones (excluding diaryl/α,β-unsaturated/α-hetero) is 1. The van der Waals surface area contributed by atoms with E-state index in [0.29, 0.717) is 5.56 Å². The van der Waals surface area contributed by atoms with Crippen molar-refractivity contribution in [1.29, 1.82) is 0 Å². The minimum atomic E-state index is -0.415. The minimum Gasteiger partial charge on any atom is -0.494 e. The third kappa shape index (κ3) is 3.20. The first-order valence-electron chi connectivity index (χ1n) is 5.76. The van der Waals surface area contributed by atoms with Crippen molar-refractivity contribution in [2.45, 2.75) is 11.7 Å². The number of methoxy groups -OCH3 is 1. The lowest BCUT2D eigenvalue weighted by Gasteiger charge is -2.19. The van der Waals surface area contributed by atoms with Gasteiger partial charge in [0.05, 0.1) is 12.4 Å². The standard InChI is InChI=1S/C13H15FO2S2/c1-16-11-4-2-3-9(13(11)14)7-10(15)12-8-17-5-6-18-12/h2-4,12H,5-8H2,1H3. The predicted molar refractivity (Wildman–Crippen MR) is 75.2 cm³/mol. The summed E-state index contributed by atoms with van der Waals surface area (Å²) < 4.78 is 18.8. The molecular weight excluding hydrogens is 271 g/mol. The molecule has 2 nitrogen and oxygen atoms in total. The predicted octanol–water partition coefficient (Wildman–Crippen LogP) is 2.79. The lowest BCUT2D eigenvalue weighted by Crippen LogP contribution is -2.26. The highest BCUT2D eigenvalue weighted by Gasteiger charge is 2.23. The molecule has 0 spiro atoms. The second kappa shape index (κ2) is 6.48. The molecule has 1 unspecified atom stereocenters. The molecular formula is C13H15FO2S2. The first kappa shape index (κ1) is 13.7. The average Bonchev–Trinajstić information content (AvgIpc) is 2.42. The molecule has 0 bridgehead atoms. The summed E-state index contributed by atoms with van der Waals surface area (Å²) in [5, 5.41) is 0.00866. The van der Waals surface area contributed by atoms with E-state index in [2.05, 4.69) is 0 Å². The van der Waals surface area contributed by atoms with E-state index in [-0.39, 0.29) is 23.2 Å². The largest absolute Gasteiger partial charge is 0.494 e. The van der Waals surface area contributed by atoms with Gasteiger partial charge in [-0.15, -0.1) is 11.8 Å². The van der Waals surface area contributed by atoms with Crippen LogP contribution in [-0.2, 0) is 11.2 Å². The maximum absolute atomic E-state index is 13.9. The van der Waals surface area contributed by atoms with Crippen molar-refractivity contribution in [3.05, 3.63) is 29.6 Å². The molecule has 1 aliphatic rings. The van der Waals surface area contributed by atoms with Gasteiger partial charge in [0.25, 0.3) is 0 Å². The van der Waals surface area contributed by atoms with Crippen LogP contribution >= 0.6 is 23.5 Å². The summed E-state index contributed by atoms with van der Waals surface area (Å²) in [5.41, 5.74) is 0.426. The summed E-state index contributed by atoms with van der Waals surface area (Å²) in [4.78, 5) is 12.1. The molecule has 1 heterocycles. The van der Waals surface area contributed by atoms with Crippen molar-refractivity contribution in [3.8, 4) is 5.75 Å². The van der Waals surface area contributed by atoms with Crippen LogP contribution in [0.3, 0.4) is 0 Å². The molecule has 1 aliphatic heterocycles. The van der Waals surface area contributed by atoms with Gasteiger partial charge in [0, 0.05) is 23.7 Å². The van der Waals surface area contributed by atoms with Gasteiger partial charge in [-0.3, -0.25) is 4.79 Å². The normalized spacial score (nSPS) is 19.6. The highest BCUT2D eigenvalue weighted by atomic mass is 32.2. The first-order valence-corrected chi connectivity index (χ1v) is 7.96. The number of thioether (sulfide) groups is 2. The van der Waals surface area contributed by atoms with Gasteiger partial charge in [0.1, 0.15) is 0 Å². The molecule has 98 valence electrons. The Kier molecular flexibility index (Phi) is 4.95. The van der Waals surface area contributed by atoms with E-state index in [1.807, 2.05) is 0 Å².